The predicted molar refractivity (Wildman–Crippen MR) is 198 cm³/mol. The molecular formula is C40H50IrNO2S2-. The van der Waals surface area contributed by atoms with Crippen molar-refractivity contribution in [3.63, 3.8) is 0 Å². The zero-order valence-electron chi connectivity index (χ0n) is 29.4. The zero-order valence-corrected chi connectivity index (χ0v) is 33.4. The van der Waals surface area contributed by atoms with Gasteiger partial charge in [0.15, 0.2) is 5.78 Å². The van der Waals surface area contributed by atoms with Gasteiger partial charge in [0.1, 0.15) is 0 Å². The van der Waals surface area contributed by atoms with Gasteiger partial charge in [-0.3, -0.25) is 9.78 Å². The van der Waals surface area contributed by atoms with Crippen LogP contribution in [0.15, 0.2) is 42.2 Å². The summed E-state index contributed by atoms with van der Waals surface area (Å²) < 4.78 is 2.63. The minimum absolute atomic E-state index is 0. The Bertz CT molecular complexity index is 1860. The maximum Gasteiger partial charge on any atom is 0.162 e. The summed E-state index contributed by atoms with van der Waals surface area (Å²) in [5, 5.41) is 13.6. The fourth-order valence-corrected chi connectivity index (χ4v) is 8.53. The number of allylic oxidation sites excluding steroid dienone is 2. The van der Waals surface area contributed by atoms with E-state index in [1.54, 1.807) is 0 Å². The number of nitrogens with zero attached hydrogens (tertiary/aromatic N) is 1. The van der Waals surface area contributed by atoms with Crippen LogP contribution in [-0.4, -0.2) is 15.9 Å². The number of rotatable bonds is 8. The molecule has 0 amide bonds. The van der Waals surface area contributed by atoms with Gasteiger partial charge in [-0.15, -0.1) is 51.8 Å². The molecule has 5 rings (SSSR count). The Morgan fingerprint density at radius 1 is 0.891 bits per heavy atom. The van der Waals surface area contributed by atoms with E-state index in [0.29, 0.717) is 0 Å². The number of aromatic nitrogens is 1. The summed E-state index contributed by atoms with van der Waals surface area (Å²) in [5.41, 5.74) is 7.43. The third-order valence-electron chi connectivity index (χ3n) is 9.32. The summed E-state index contributed by atoms with van der Waals surface area (Å²) in [5.74, 6) is 0.547. The molecule has 46 heavy (non-hydrogen) atoms. The number of carbonyl (C=O) groups is 1. The number of hydrogen-bond donors (Lipinski definition) is 1. The number of fused-ring (bicyclic) bond motifs is 4. The SMILES string of the molecule is CCC(CC)C(=O)/C=C(\O)C(CC)CC.Cc1sc2c(nc(-c3[c-]c4ccccc4c(C(C)(C)C)c3)c3sc(C)c(C)c32)c1C.[Ir]. The van der Waals surface area contributed by atoms with Crippen molar-refractivity contribution in [1.29, 1.82) is 0 Å². The average Bonchev–Trinajstić information content (AvgIpc) is 3.46. The van der Waals surface area contributed by atoms with Crippen molar-refractivity contribution in [3.05, 3.63) is 74.7 Å². The van der Waals surface area contributed by atoms with Gasteiger partial charge in [0.05, 0.1) is 16.0 Å². The largest absolute Gasteiger partial charge is 0.512 e. The van der Waals surface area contributed by atoms with E-state index >= 15 is 0 Å². The van der Waals surface area contributed by atoms with E-state index in [9.17, 15) is 9.90 Å². The van der Waals surface area contributed by atoms with Crippen molar-refractivity contribution in [1.82, 2.24) is 4.98 Å². The van der Waals surface area contributed by atoms with Gasteiger partial charge >= 0.3 is 0 Å². The quantitative estimate of drug-likeness (QED) is 0.0962. The third kappa shape index (κ3) is 7.67. The second kappa shape index (κ2) is 15.7. The maximum atomic E-state index is 11.7. The van der Waals surface area contributed by atoms with Gasteiger partial charge in [-0.1, -0.05) is 77.6 Å². The average molecular weight is 833 g/mol. The second-order valence-electron chi connectivity index (χ2n) is 13.3. The van der Waals surface area contributed by atoms with E-state index in [1.165, 1.54) is 52.7 Å². The first kappa shape index (κ1) is 38.1. The Balaban J connectivity index is 0.000000309. The Kier molecular flexibility index (Phi) is 13.0. The van der Waals surface area contributed by atoms with E-state index in [0.717, 1.165) is 47.8 Å². The predicted octanol–water partition coefficient (Wildman–Crippen LogP) is 12.5. The number of pyridine rings is 1. The molecule has 6 heteroatoms. The van der Waals surface area contributed by atoms with Crippen molar-refractivity contribution in [2.45, 2.75) is 107 Å². The first-order valence-corrected chi connectivity index (χ1v) is 18.1. The Morgan fingerprint density at radius 2 is 1.46 bits per heavy atom. The van der Waals surface area contributed by atoms with Gasteiger partial charge in [-0.05, 0) is 69.9 Å². The van der Waals surface area contributed by atoms with Gasteiger partial charge in [-0.25, -0.2) is 0 Å². The van der Waals surface area contributed by atoms with Gasteiger partial charge < -0.3 is 5.11 Å². The van der Waals surface area contributed by atoms with Crippen molar-refractivity contribution < 1.29 is 30.0 Å². The van der Waals surface area contributed by atoms with Crippen molar-refractivity contribution in [2.24, 2.45) is 11.8 Å². The molecule has 0 saturated carbocycles. The normalized spacial score (nSPS) is 12.2. The van der Waals surface area contributed by atoms with E-state index in [-0.39, 0.29) is 48.9 Å². The molecule has 3 aromatic heterocycles. The number of ketones is 1. The molecule has 0 bridgehead atoms. The van der Waals surface area contributed by atoms with E-state index in [1.807, 2.05) is 50.4 Å². The zero-order chi connectivity index (χ0) is 33.2. The second-order valence-corrected chi connectivity index (χ2v) is 15.7. The van der Waals surface area contributed by atoms with Crippen LogP contribution in [0.4, 0.5) is 0 Å². The van der Waals surface area contributed by atoms with Crippen LogP contribution in [0.5, 0.6) is 0 Å². The number of aliphatic hydroxyl groups excluding tert-OH is 1. The van der Waals surface area contributed by atoms with Gasteiger partial charge in [0.2, 0.25) is 0 Å². The molecule has 3 heterocycles. The minimum atomic E-state index is 0. The van der Waals surface area contributed by atoms with Gasteiger partial charge in [0.25, 0.3) is 0 Å². The van der Waals surface area contributed by atoms with Crippen LogP contribution in [0, 0.1) is 45.6 Å². The Hall–Kier alpha value is -2.37. The molecule has 0 unspecified atom stereocenters. The number of aryl methyl sites for hydroxylation is 4. The molecular weight excluding hydrogens is 783 g/mol. The van der Waals surface area contributed by atoms with E-state index < -0.39 is 0 Å². The van der Waals surface area contributed by atoms with E-state index in [2.05, 4.69) is 84.9 Å². The molecule has 0 aliphatic heterocycles. The molecule has 1 N–H and O–H groups in total. The van der Waals surface area contributed by atoms with E-state index in [4.69, 9.17) is 4.98 Å². The molecule has 0 spiro atoms. The minimum Gasteiger partial charge on any atom is -0.512 e. The summed E-state index contributed by atoms with van der Waals surface area (Å²) in [4.78, 5) is 19.7. The monoisotopic (exact) mass is 833 g/mol. The summed E-state index contributed by atoms with van der Waals surface area (Å²) in [6.45, 7) is 23.8. The van der Waals surface area contributed by atoms with Crippen LogP contribution in [0.25, 0.3) is 42.3 Å². The summed E-state index contributed by atoms with van der Waals surface area (Å²) in [6, 6.07) is 14.7. The fourth-order valence-electron chi connectivity index (χ4n) is 6.09. The van der Waals surface area contributed by atoms with Crippen molar-refractivity contribution in [3.8, 4) is 11.3 Å². The molecule has 0 aliphatic carbocycles. The number of aliphatic hydroxyl groups is 1. The number of thiophene rings is 2. The molecule has 0 fully saturated rings. The number of benzene rings is 2. The van der Waals surface area contributed by atoms with Crippen molar-refractivity contribution >= 4 is 59.5 Å². The van der Waals surface area contributed by atoms with Crippen LogP contribution in [0.1, 0.15) is 101 Å². The smallest absolute Gasteiger partial charge is 0.162 e. The van der Waals surface area contributed by atoms with Crippen molar-refractivity contribution in [2.75, 3.05) is 0 Å². The van der Waals surface area contributed by atoms with Crippen LogP contribution in [-0.2, 0) is 30.3 Å². The molecule has 0 saturated heterocycles. The molecule has 0 aliphatic rings. The first-order valence-electron chi connectivity index (χ1n) is 16.5. The standard InChI is InChI=1S/C27H26NS2.C13H24O2.Ir/c1-14-16(3)29-26-22(14)25-23(15(2)17(4)30-25)28-24(26)19-12-18-10-8-9-11-20(18)21(13-19)27(5,6)7;1-5-10(6-2)12(14)9-13(15)11(7-3)8-4;/h8-11,13H,1-7H3;9-11,14H,5-8H2,1-4H3;/q-1;;/b;12-9-;. The third-order valence-corrected chi connectivity index (χ3v) is 11.8. The molecule has 5 aromatic rings. The topological polar surface area (TPSA) is 50.2 Å². The fraction of sp³-hybridized carbons (Fsp3) is 0.450. The van der Waals surface area contributed by atoms with Crippen LogP contribution < -0.4 is 0 Å². The Labute approximate surface area is 297 Å². The molecule has 0 atom stereocenters. The Morgan fingerprint density at radius 3 is 2.04 bits per heavy atom. The molecule has 1 radical (unpaired) electrons. The number of hydrogen-bond acceptors (Lipinski definition) is 5. The summed E-state index contributed by atoms with van der Waals surface area (Å²) >= 11 is 3.76. The summed E-state index contributed by atoms with van der Waals surface area (Å²) in [7, 11) is 0. The van der Waals surface area contributed by atoms with Crippen LogP contribution in [0.2, 0.25) is 0 Å². The van der Waals surface area contributed by atoms with Crippen LogP contribution in [0.3, 0.4) is 0 Å². The first-order chi connectivity index (χ1) is 21.3. The summed E-state index contributed by atoms with van der Waals surface area (Å²) in [6.07, 6.45) is 4.91. The van der Waals surface area contributed by atoms with Gasteiger partial charge in [0, 0.05) is 63.6 Å². The molecule has 3 nitrogen and oxygen atoms in total. The van der Waals surface area contributed by atoms with Gasteiger partial charge in [-0.2, -0.15) is 0 Å². The molecule has 2 aromatic carbocycles. The molecule has 249 valence electrons. The number of carbonyl (C=O) groups excluding carboxylic acids is 1. The maximum absolute atomic E-state index is 11.7. The van der Waals surface area contributed by atoms with Crippen LogP contribution >= 0.6 is 22.7 Å².